The van der Waals surface area contributed by atoms with Crippen molar-refractivity contribution in [3.63, 3.8) is 0 Å². The zero-order chi connectivity index (χ0) is 11.9. The summed E-state index contributed by atoms with van der Waals surface area (Å²) in [6, 6.07) is 4.33. The highest BCUT2D eigenvalue weighted by Crippen LogP contribution is 2.11. The van der Waals surface area contributed by atoms with Gasteiger partial charge in [0, 0.05) is 18.0 Å². The molecule has 0 spiro atoms. The quantitative estimate of drug-likeness (QED) is 0.837. The Balaban J connectivity index is 1.58. The van der Waals surface area contributed by atoms with Gasteiger partial charge in [0.15, 0.2) is 0 Å². The summed E-state index contributed by atoms with van der Waals surface area (Å²) in [4.78, 5) is 4.07. The molecule has 1 aromatic rings. The molecule has 17 heavy (non-hydrogen) atoms. The van der Waals surface area contributed by atoms with Gasteiger partial charge in [-0.1, -0.05) is 19.4 Å². The Labute approximate surface area is 109 Å². The Morgan fingerprint density at radius 1 is 1.35 bits per heavy atom. The molecule has 2 nitrogen and oxygen atoms in total. The van der Waals surface area contributed by atoms with E-state index in [2.05, 4.69) is 34.7 Å². The second-order valence-electron chi connectivity index (χ2n) is 5.18. The summed E-state index contributed by atoms with van der Waals surface area (Å²) in [6.45, 7) is 8.41. The van der Waals surface area contributed by atoms with Gasteiger partial charge in [0.25, 0.3) is 0 Å². The number of nitrogens with zero attached hydrogens (tertiary/aromatic N) is 1. The van der Waals surface area contributed by atoms with Crippen molar-refractivity contribution in [3.8, 4) is 0 Å². The first-order valence-corrected chi connectivity index (χ1v) is 7.68. The van der Waals surface area contributed by atoms with Gasteiger partial charge in [-0.25, -0.2) is 0 Å². The van der Waals surface area contributed by atoms with Crippen LogP contribution in [0, 0.1) is 5.92 Å². The van der Waals surface area contributed by atoms with Crippen molar-refractivity contribution in [1.29, 1.82) is 0 Å². The summed E-state index contributed by atoms with van der Waals surface area (Å²) in [5.74, 6) is 0.757. The molecule has 1 aromatic heterocycles. The fourth-order valence-corrected chi connectivity index (χ4v) is 3.18. The second kappa shape index (κ2) is 7.14. The minimum atomic E-state index is 0.757. The molecule has 0 amide bonds. The highest BCUT2D eigenvalue weighted by atomic mass is 32.1. The third kappa shape index (κ3) is 4.78. The Kier molecular flexibility index (Phi) is 5.49. The maximum atomic E-state index is 3.56. The summed E-state index contributed by atoms with van der Waals surface area (Å²) in [5, 5.41) is 5.71. The number of hydrogen-bond acceptors (Lipinski definition) is 3. The number of rotatable bonds is 6. The van der Waals surface area contributed by atoms with Crippen molar-refractivity contribution in [1.82, 2.24) is 10.2 Å². The molecule has 96 valence electrons. The monoisotopic (exact) mass is 252 g/mol. The first-order valence-electron chi connectivity index (χ1n) is 6.80. The predicted octanol–water partition coefficient (Wildman–Crippen LogP) is 2.96. The molecule has 0 aliphatic carbocycles. The average molecular weight is 252 g/mol. The van der Waals surface area contributed by atoms with Crippen molar-refractivity contribution in [2.24, 2.45) is 5.92 Å². The summed E-state index contributed by atoms with van der Waals surface area (Å²) in [7, 11) is 0. The lowest BCUT2D eigenvalue weighted by Gasteiger charge is -2.29. The summed E-state index contributed by atoms with van der Waals surface area (Å²) >= 11 is 1.84. The Hall–Kier alpha value is -0.380. The first kappa shape index (κ1) is 13.1. The Morgan fingerprint density at radius 2 is 2.18 bits per heavy atom. The number of likely N-dealkylation sites (tertiary alicyclic amines) is 1. The van der Waals surface area contributed by atoms with Gasteiger partial charge in [0.2, 0.25) is 0 Å². The number of piperidine rings is 1. The van der Waals surface area contributed by atoms with Crippen LogP contribution in [0.5, 0.6) is 0 Å². The third-order valence-electron chi connectivity index (χ3n) is 3.39. The Morgan fingerprint density at radius 3 is 2.88 bits per heavy atom. The van der Waals surface area contributed by atoms with E-state index in [1.165, 1.54) is 43.8 Å². The maximum Gasteiger partial charge on any atom is 0.0299 e. The molecule has 1 fully saturated rings. The van der Waals surface area contributed by atoms with Gasteiger partial charge >= 0.3 is 0 Å². The van der Waals surface area contributed by atoms with Crippen molar-refractivity contribution >= 4 is 11.3 Å². The van der Waals surface area contributed by atoms with Crippen LogP contribution in [0.15, 0.2) is 17.5 Å². The molecule has 2 heterocycles. The van der Waals surface area contributed by atoms with Crippen molar-refractivity contribution in [2.45, 2.75) is 32.7 Å². The Bertz CT molecular complexity index is 291. The normalized spacial score (nSPS) is 19.4. The molecule has 0 saturated carbocycles. The van der Waals surface area contributed by atoms with Crippen LogP contribution in [-0.2, 0) is 6.54 Å². The molecular weight excluding hydrogens is 228 g/mol. The van der Waals surface area contributed by atoms with E-state index in [0.717, 1.165) is 19.0 Å². The largest absolute Gasteiger partial charge is 0.312 e. The highest BCUT2D eigenvalue weighted by molar-refractivity contribution is 7.09. The van der Waals surface area contributed by atoms with Crippen molar-refractivity contribution in [2.75, 3.05) is 26.2 Å². The molecule has 1 unspecified atom stereocenters. The van der Waals surface area contributed by atoms with E-state index in [1.807, 2.05) is 11.3 Å². The van der Waals surface area contributed by atoms with E-state index in [9.17, 15) is 0 Å². The summed E-state index contributed by atoms with van der Waals surface area (Å²) in [6.07, 6.45) is 4.23. The molecule has 1 N–H and O–H groups in total. The van der Waals surface area contributed by atoms with Crippen LogP contribution >= 0.6 is 11.3 Å². The summed E-state index contributed by atoms with van der Waals surface area (Å²) in [5.41, 5.74) is 0. The van der Waals surface area contributed by atoms with Crippen molar-refractivity contribution in [3.05, 3.63) is 22.4 Å². The molecule has 1 saturated heterocycles. The molecule has 0 bridgehead atoms. The van der Waals surface area contributed by atoms with Gasteiger partial charge in [0.1, 0.15) is 0 Å². The van der Waals surface area contributed by atoms with Gasteiger partial charge in [-0.05, 0) is 49.8 Å². The number of thiophene rings is 1. The minimum Gasteiger partial charge on any atom is -0.312 e. The van der Waals surface area contributed by atoms with E-state index in [-0.39, 0.29) is 0 Å². The van der Waals surface area contributed by atoms with Gasteiger partial charge in [-0.3, -0.25) is 0 Å². The van der Waals surface area contributed by atoms with Crippen LogP contribution in [0.3, 0.4) is 0 Å². The van der Waals surface area contributed by atoms with Gasteiger partial charge in [-0.2, -0.15) is 0 Å². The van der Waals surface area contributed by atoms with E-state index in [4.69, 9.17) is 0 Å². The zero-order valence-electron chi connectivity index (χ0n) is 10.8. The average Bonchev–Trinajstić information content (AvgIpc) is 2.83. The molecule has 1 aliphatic heterocycles. The lowest BCUT2D eigenvalue weighted by molar-refractivity contribution is 0.199. The van der Waals surface area contributed by atoms with Crippen LogP contribution in [0.1, 0.15) is 31.1 Å². The van der Waals surface area contributed by atoms with Crippen LogP contribution in [0.25, 0.3) is 0 Å². The van der Waals surface area contributed by atoms with Crippen LogP contribution in [0.4, 0.5) is 0 Å². The lowest BCUT2D eigenvalue weighted by Crippen LogP contribution is -2.36. The molecule has 1 atom stereocenters. The summed E-state index contributed by atoms with van der Waals surface area (Å²) < 4.78 is 0. The van der Waals surface area contributed by atoms with E-state index < -0.39 is 0 Å². The molecule has 0 aromatic carbocycles. The molecule has 1 aliphatic rings. The second-order valence-corrected chi connectivity index (χ2v) is 6.21. The lowest BCUT2D eigenvalue weighted by atomic mass is 10.1. The van der Waals surface area contributed by atoms with Crippen LogP contribution in [-0.4, -0.2) is 31.1 Å². The molecular formula is C14H24N2S. The third-order valence-corrected chi connectivity index (χ3v) is 4.27. The molecule has 3 heteroatoms. The number of nitrogens with one attached hydrogen (secondary N) is 1. The van der Waals surface area contributed by atoms with E-state index in [0.29, 0.717) is 0 Å². The zero-order valence-corrected chi connectivity index (χ0v) is 11.6. The standard InChI is InChI=1S/C14H24N2S/c1-13(12-16-7-3-2-4-8-16)10-15-11-14-6-5-9-17-14/h5-6,9,13,15H,2-4,7-8,10-12H2,1H3. The van der Waals surface area contributed by atoms with Crippen LogP contribution < -0.4 is 5.32 Å². The molecule has 2 rings (SSSR count). The van der Waals surface area contributed by atoms with E-state index in [1.54, 1.807) is 0 Å². The molecule has 0 radical (unpaired) electrons. The minimum absolute atomic E-state index is 0.757. The fourth-order valence-electron chi connectivity index (χ4n) is 2.50. The predicted molar refractivity (Wildman–Crippen MR) is 75.5 cm³/mol. The van der Waals surface area contributed by atoms with E-state index >= 15 is 0 Å². The van der Waals surface area contributed by atoms with Gasteiger partial charge in [-0.15, -0.1) is 11.3 Å². The van der Waals surface area contributed by atoms with Gasteiger partial charge < -0.3 is 10.2 Å². The smallest absolute Gasteiger partial charge is 0.0299 e. The highest BCUT2D eigenvalue weighted by Gasteiger charge is 2.12. The van der Waals surface area contributed by atoms with Crippen LogP contribution in [0.2, 0.25) is 0 Å². The SMILES string of the molecule is CC(CNCc1cccs1)CN1CCCCC1. The topological polar surface area (TPSA) is 15.3 Å². The van der Waals surface area contributed by atoms with Crippen molar-refractivity contribution < 1.29 is 0 Å². The fraction of sp³-hybridized carbons (Fsp3) is 0.714. The first-order chi connectivity index (χ1) is 8.34. The maximum absolute atomic E-state index is 3.56. The number of hydrogen-bond donors (Lipinski definition) is 1. The van der Waals surface area contributed by atoms with Gasteiger partial charge in [0.05, 0.1) is 0 Å².